The van der Waals surface area contributed by atoms with Gasteiger partial charge >= 0.3 is 0 Å². The minimum absolute atomic E-state index is 0.483. The Morgan fingerprint density at radius 1 is 1.47 bits per heavy atom. The second kappa shape index (κ2) is 6.07. The molecule has 2 aromatic rings. The van der Waals surface area contributed by atoms with Gasteiger partial charge in [-0.25, -0.2) is 9.97 Å². The van der Waals surface area contributed by atoms with Crippen LogP contribution in [-0.2, 0) is 6.42 Å². The van der Waals surface area contributed by atoms with Gasteiger partial charge in [-0.1, -0.05) is 6.92 Å². The molecule has 0 bridgehead atoms. The molecular formula is C13H19N3OS2. The van der Waals surface area contributed by atoms with Crippen LogP contribution in [0, 0.1) is 0 Å². The van der Waals surface area contributed by atoms with E-state index in [0.717, 1.165) is 22.5 Å². The van der Waals surface area contributed by atoms with Gasteiger partial charge in [0, 0.05) is 17.2 Å². The highest BCUT2D eigenvalue weighted by molar-refractivity contribution is 7.98. The van der Waals surface area contributed by atoms with Gasteiger partial charge in [0.05, 0.1) is 11.0 Å². The van der Waals surface area contributed by atoms with Crippen LogP contribution in [0.15, 0.2) is 12.4 Å². The maximum atomic E-state index is 10.2. The summed E-state index contributed by atoms with van der Waals surface area (Å²) in [6, 6.07) is 2.13. The zero-order valence-electron chi connectivity index (χ0n) is 11.4. The fraction of sp³-hybridized carbons (Fsp3) is 0.538. The Labute approximate surface area is 121 Å². The molecule has 1 unspecified atom stereocenters. The molecule has 2 rings (SSSR count). The number of aryl methyl sites for hydroxylation is 1. The normalized spacial score (nSPS) is 14.5. The minimum Gasteiger partial charge on any atom is -0.387 e. The Balaban J connectivity index is 2.18. The predicted octanol–water partition coefficient (Wildman–Crippen LogP) is 2.78. The molecule has 0 aliphatic heterocycles. The van der Waals surface area contributed by atoms with E-state index in [0.29, 0.717) is 12.3 Å². The molecule has 2 N–H and O–H groups in total. The number of nitrogens with zero attached hydrogens (tertiary/aromatic N) is 2. The van der Waals surface area contributed by atoms with Crippen LogP contribution >= 0.6 is 23.1 Å². The van der Waals surface area contributed by atoms with Crippen molar-refractivity contribution < 1.29 is 5.11 Å². The SMILES string of the molecule is CCc1cc2c(NCC(C)(O)CSC)ncnc2s1. The maximum Gasteiger partial charge on any atom is 0.138 e. The molecule has 0 spiro atoms. The topological polar surface area (TPSA) is 58.0 Å². The Hall–Kier alpha value is -0.850. The third-order valence-electron chi connectivity index (χ3n) is 2.82. The average molecular weight is 297 g/mol. The fourth-order valence-electron chi connectivity index (χ4n) is 1.86. The first-order valence-electron chi connectivity index (χ1n) is 6.24. The van der Waals surface area contributed by atoms with E-state index in [9.17, 15) is 5.11 Å². The molecule has 19 heavy (non-hydrogen) atoms. The molecule has 0 saturated heterocycles. The Kier molecular flexibility index (Phi) is 4.65. The van der Waals surface area contributed by atoms with Crippen LogP contribution < -0.4 is 5.32 Å². The van der Waals surface area contributed by atoms with E-state index in [4.69, 9.17) is 0 Å². The first-order valence-corrected chi connectivity index (χ1v) is 8.45. The van der Waals surface area contributed by atoms with E-state index in [2.05, 4.69) is 28.3 Å². The van der Waals surface area contributed by atoms with E-state index in [1.165, 1.54) is 4.88 Å². The molecule has 4 nitrogen and oxygen atoms in total. The van der Waals surface area contributed by atoms with E-state index in [1.54, 1.807) is 29.4 Å². The maximum absolute atomic E-state index is 10.2. The highest BCUT2D eigenvalue weighted by Crippen LogP contribution is 2.28. The smallest absolute Gasteiger partial charge is 0.138 e. The molecule has 2 aromatic heterocycles. The largest absolute Gasteiger partial charge is 0.387 e. The van der Waals surface area contributed by atoms with Crippen LogP contribution in [0.3, 0.4) is 0 Å². The van der Waals surface area contributed by atoms with Crippen LogP contribution in [-0.4, -0.2) is 39.2 Å². The number of hydrogen-bond donors (Lipinski definition) is 2. The number of thiophene rings is 1. The van der Waals surface area contributed by atoms with Crippen LogP contribution in [0.4, 0.5) is 5.82 Å². The molecule has 0 fully saturated rings. The molecule has 0 amide bonds. The number of rotatable bonds is 6. The predicted molar refractivity (Wildman–Crippen MR) is 84.3 cm³/mol. The summed E-state index contributed by atoms with van der Waals surface area (Å²) in [5, 5.41) is 14.5. The van der Waals surface area contributed by atoms with Gasteiger partial charge in [0.1, 0.15) is 17.0 Å². The highest BCUT2D eigenvalue weighted by atomic mass is 32.2. The van der Waals surface area contributed by atoms with Crippen LogP contribution in [0.2, 0.25) is 0 Å². The number of aromatic nitrogens is 2. The summed E-state index contributed by atoms with van der Waals surface area (Å²) in [6.45, 7) is 4.45. The zero-order valence-corrected chi connectivity index (χ0v) is 13.1. The number of anilines is 1. The summed E-state index contributed by atoms with van der Waals surface area (Å²) >= 11 is 3.33. The van der Waals surface area contributed by atoms with E-state index >= 15 is 0 Å². The molecule has 0 aliphatic carbocycles. The van der Waals surface area contributed by atoms with Crippen LogP contribution in [0.25, 0.3) is 10.2 Å². The first-order chi connectivity index (χ1) is 9.05. The molecule has 0 saturated carbocycles. The molecule has 2 heterocycles. The quantitative estimate of drug-likeness (QED) is 0.858. The Bertz CT molecular complexity index is 554. The van der Waals surface area contributed by atoms with Crippen molar-refractivity contribution in [2.75, 3.05) is 23.9 Å². The van der Waals surface area contributed by atoms with Crippen LogP contribution in [0.5, 0.6) is 0 Å². The molecule has 6 heteroatoms. The lowest BCUT2D eigenvalue weighted by Crippen LogP contribution is -2.36. The number of nitrogens with one attached hydrogen (secondary N) is 1. The highest BCUT2D eigenvalue weighted by Gasteiger charge is 2.20. The Morgan fingerprint density at radius 3 is 2.95 bits per heavy atom. The van der Waals surface area contributed by atoms with E-state index in [1.807, 2.05) is 13.2 Å². The summed E-state index contributed by atoms with van der Waals surface area (Å²) < 4.78 is 0. The van der Waals surface area contributed by atoms with E-state index in [-0.39, 0.29) is 0 Å². The van der Waals surface area contributed by atoms with Gasteiger partial charge in [0.2, 0.25) is 0 Å². The molecule has 0 aliphatic rings. The summed E-state index contributed by atoms with van der Waals surface area (Å²) in [7, 11) is 0. The summed E-state index contributed by atoms with van der Waals surface area (Å²) in [4.78, 5) is 10.9. The second-order valence-electron chi connectivity index (χ2n) is 4.79. The van der Waals surface area contributed by atoms with Gasteiger partial charge in [-0.3, -0.25) is 0 Å². The Morgan fingerprint density at radius 2 is 2.26 bits per heavy atom. The van der Waals surface area contributed by atoms with Gasteiger partial charge in [0.15, 0.2) is 0 Å². The minimum atomic E-state index is -0.736. The molecule has 104 valence electrons. The van der Waals surface area contributed by atoms with Crippen molar-refractivity contribution in [3.8, 4) is 0 Å². The lowest BCUT2D eigenvalue weighted by molar-refractivity contribution is 0.0996. The number of hydrogen-bond acceptors (Lipinski definition) is 6. The van der Waals surface area contributed by atoms with Crippen molar-refractivity contribution in [2.24, 2.45) is 0 Å². The third-order valence-corrected chi connectivity index (χ3v) is 4.92. The second-order valence-corrected chi connectivity index (χ2v) is 6.77. The van der Waals surface area contributed by atoms with Crippen molar-refractivity contribution in [3.05, 3.63) is 17.3 Å². The van der Waals surface area contributed by atoms with Crippen molar-refractivity contribution >= 4 is 39.1 Å². The van der Waals surface area contributed by atoms with Gasteiger partial charge in [-0.05, 0) is 25.7 Å². The lowest BCUT2D eigenvalue weighted by atomic mass is 10.1. The monoisotopic (exact) mass is 297 g/mol. The molecule has 1 atom stereocenters. The van der Waals surface area contributed by atoms with Crippen molar-refractivity contribution in [1.29, 1.82) is 0 Å². The van der Waals surface area contributed by atoms with Gasteiger partial charge in [0.25, 0.3) is 0 Å². The number of fused-ring (bicyclic) bond motifs is 1. The average Bonchev–Trinajstić information content (AvgIpc) is 2.79. The molecular weight excluding hydrogens is 278 g/mol. The van der Waals surface area contributed by atoms with E-state index < -0.39 is 5.60 Å². The van der Waals surface area contributed by atoms with Crippen molar-refractivity contribution in [1.82, 2.24) is 9.97 Å². The first kappa shape index (κ1) is 14.6. The van der Waals surface area contributed by atoms with Crippen molar-refractivity contribution in [2.45, 2.75) is 25.9 Å². The zero-order chi connectivity index (χ0) is 13.9. The van der Waals surface area contributed by atoms with Crippen molar-refractivity contribution in [3.63, 3.8) is 0 Å². The van der Waals surface area contributed by atoms with Gasteiger partial charge < -0.3 is 10.4 Å². The van der Waals surface area contributed by atoms with Gasteiger partial charge in [-0.15, -0.1) is 11.3 Å². The molecule has 0 aromatic carbocycles. The third kappa shape index (κ3) is 3.58. The summed E-state index contributed by atoms with van der Waals surface area (Å²) in [5.41, 5.74) is -0.736. The summed E-state index contributed by atoms with van der Waals surface area (Å²) in [6.07, 6.45) is 4.57. The van der Waals surface area contributed by atoms with Gasteiger partial charge in [-0.2, -0.15) is 11.8 Å². The lowest BCUT2D eigenvalue weighted by Gasteiger charge is -2.22. The summed E-state index contributed by atoms with van der Waals surface area (Å²) in [5.74, 6) is 1.50. The fourth-order valence-corrected chi connectivity index (χ4v) is 3.52. The standard InChI is InChI=1S/C13H19N3OS2/c1-4-9-5-10-11(15-8-16-12(10)19-9)14-6-13(2,17)7-18-3/h5,8,17H,4,6-7H2,1-3H3,(H,14,15,16). The molecule has 0 radical (unpaired) electrons. The van der Waals surface area contributed by atoms with Crippen LogP contribution in [0.1, 0.15) is 18.7 Å². The number of aliphatic hydroxyl groups is 1. The number of thioether (sulfide) groups is 1.